The molecule has 0 aliphatic carbocycles. The number of carboxylic acid groups (broad SMARTS) is 1. The van der Waals surface area contributed by atoms with Crippen molar-refractivity contribution in [3.05, 3.63) is 71.3 Å². The van der Waals surface area contributed by atoms with Gasteiger partial charge in [-0.05, 0) is 42.8 Å². The summed E-state index contributed by atoms with van der Waals surface area (Å²) in [7, 11) is 1.52. The van der Waals surface area contributed by atoms with Gasteiger partial charge in [-0.3, -0.25) is 4.79 Å². The predicted molar refractivity (Wildman–Crippen MR) is 100 cm³/mol. The molecule has 0 amide bonds. The molecule has 28 heavy (non-hydrogen) atoms. The summed E-state index contributed by atoms with van der Waals surface area (Å²) in [6.45, 7) is 2.28. The second kappa shape index (κ2) is 8.30. The molecule has 0 saturated heterocycles. The highest BCUT2D eigenvalue weighted by atomic mass is 16.5. The Morgan fingerprint density at radius 2 is 1.93 bits per heavy atom. The van der Waals surface area contributed by atoms with E-state index in [4.69, 9.17) is 14.2 Å². The molecule has 0 saturated carbocycles. The van der Waals surface area contributed by atoms with Crippen molar-refractivity contribution in [2.24, 2.45) is 0 Å². The number of carboxylic acids is 1. The van der Waals surface area contributed by atoms with E-state index in [1.165, 1.54) is 13.2 Å². The Hall–Kier alpha value is -3.74. The number of hydrogen-bond donors (Lipinski definition) is 1. The van der Waals surface area contributed by atoms with Crippen LogP contribution in [0.2, 0.25) is 0 Å². The second-order valence-electron chi connectivity index (χ2n) is 5.77. The fraction of sp³-hybridized carbons (Fsp3) is 0.143. The minimum atomic E-state index is -1.61. The number of nitrogens with one attached hydrogen (secondary N) is 1. The molecule has 144 valence electrons. The van der Waals surface area contributed by atoms with Crippen LogP contribution in [0.5, 0.6) is 11.5 Å². The highest BCUT2D eigenvalue weighted by Gasteiger charge is 2.31. The number of hydrogen-bond acceptors (Lipinski definition) is 7. The fourth-order valence-corrected chi connectivity index (χ4v) is 2.66. The van der Waals surface area contributed by atoms with Gasteiger partial charge < -0.3 is 29.4 Å². The normalized spacial score (nSPS) is 14.8. The highest BCUT2D eigenvalue weighted by molar-refractivity contribution is 6.25. The summed E-state index contributed by atoms with van der Waals surface area (Å²) in [5, 5.41) is 14.3. The van der Waals surface area contributed by atoms with Gasteiger partial charge in [0.25, 0.3) is 0 Å². The Balaban J connectivity index is 1.91. The quantitative estimate of drug-likeness (QED) is 0.580. The van der Waals surface area contributed by atoms with Crippen molar-refractivity contribution in [3.63, 3.8) is 0 Å². The second-order valence-corrected chi connectivity index (χ2v) is 5.77. The number of benzene rings is 2. The molecule has 1 aliphatic rings. The van der Waals surface area contributed by atoms with Gasteiger partial charge in [0, 0.05) is 5.69 Å². The SMILES string of the molecule is CCOc1cc(/C=C2\OC(Nc3ccccc3)=C(C(=O)[O-])C2=O)ccc1OC. The number of anilines is 1. The van der Waals surface area contributed by atoms with Crippen molar-refractivity contribution in [2.45, 2.75) is 6.92 Å². The third-order valence-corrected chi connectivity index (χ3v) is 3.91. The zero-order valence-corrected chi connectivity index (χ0v) is 15.4. The van der Waals surface area contributed by atoms with Crippen LogP contribution in [0.25, 0.3) is 6.08 Å². The Labute approximate surface area is 161 Å². The van der Waals surface area contributed by atoms with Crippen molar-refractivity contribution in [2.75, 3.05) is 19.0 Å². The molecular formula is C21H18NO6-. The summed E-state index contributed by atoms with van der Waals surface area (Å²) >= 11 is 0. The number of para-hydroxylation sites is 1. The standard InChI is InChI=1S/C21H19NO6/c1-3-27-16-11-13(9-10-15(16)26-2)12-17-19(23)18(21(24)25)20(28-17)22-14-7-5-4-6-8-14/h4-12,22H,3H2,1-2H3,(H,24,25)/p-1/b17-12-. The van der Waals surface area contributed by atoms with Crippen LogP contribution >= 0.6 is 0 Å². The molecule has 0 aromatic heterocycles. The van der Waals surface area contributed by atoms with Gasteiger partial charge in [0.15, 0.2) is 17.3 Å². The van der Waals surface area contributed by atoms with Crippen molar-refractivity contribution in [1.29, 1.82) is 0 Å². The smallest absolute Gasteiger partial charge is 0.235 e. The Morgan fingerprint density at radius 1 is 1.18 bits per heavy atom. The maximum Gasteiger partial charge on any atom is 0.235 e. The highest BCUT2D eigenvalue weighted by Crippen LogP contribution is 2.31. The number of allylic oxidation sites excluding steroid dienone is 1. The summed E-state index contributed by atoms with van der Waals surface area (Å²) < 4.78 is 16.2. The summed E-state index contributed by atoms with van der Waals surface area (Å²) in [4.78, 5) is 24.0. The summed E-state index contributed by atoms with van der Waals surface area (Å²) in [6.07, 6.45) is 1.44. The lowest BCUT2D eigenvalue weighted by molar-refractivity contribution is -0.298. The first-order valence-electron chi connectivity index (χ1n) is 8.56. The lowest BCUT2D eigenvalue weighted by Gasteiger charge is -2.10. The first kappa shape index (κ1) is 19.0. The van der Waals surface area contributed by atoms with Gasteiger partial charge in [0.05, 0.1) is 19.7 Å². The summed E-state index contributed by atoms with van der Waals surface area (Å²) in [5.74, 6) is -1.65. The lowest BCUT2D eigenvalue weighted by atomic mass is 10.1. The number of ether oxygens (including phenoxy) is 3. The van der Waals surface area contributed by atoms with Crippen molar-refractivity contribution in [1.82, 2.24) is 0 Å². The Bertz CT molecular complexity index is 962. The van der Waals surface area contributed by atoms with Crippen LogP contribution in [0.4, 0.5) is 5.69 Å². The Kier molecular flexibility index (Phi) is 5.64. The molecule has 1 heterocycles. The van der Waals surface area contributed by atoms with Gasteiger partial charge >= 0.3 is 0 Å². The fourth-order valence-electron chi connectivity index (χ4n) is 2.66. The van der Waals surface area contributed by atoms with Crippen LogP contribution in [0.3, 0.4) is 0 Å². The van der Waals surface area contributed by atoms with E-state index in [2.05, 4.69) is 5.32 Å². The number of carbonyl (C=O) groups excluding carboxylic acids is 2. The van der Waals surface area contributed by atoms with Crippen molar-refractivity contribution >= 4 is 23.5 Å². The number of ketones is 1. The number of methoxy groups -OCH3 is 1. The van der Waals surface area contributed by atoms with Gasteiger partial charge in [0.2, 0.25) is 11.7 Å². The Morgan fingerprint density at radius 3 is 2.57 bits per heavy atom. The molecule has 0 bridgehead atoms. The molecule has 2 aromatic rings. The van der Waals surface area contributed by atoms with Crippen molar-refractivity contribution < 1.29 is 28.9 Å². The van der Waals surface area contributed by atoms with Gasteiger partial charge in [-0.2, -0.15) is 0 Å². The van der Waals surface area contributed by atoms with Crippen LogP contribution in [0, 0.1) is 0 Å². The number of Topliss-reactive ketones (excluding diaryl/α,β-unsaturated/α-hetero) is 1. The molecule has 7 nitrogen and oxygen atoms in total. The van der Waals surface area contributed by atoms with Crippen molar-refractivity contribution in [3.8, 4) is 11.5 Å². The molecule has 3 rings (SSSR count). The zero-order valence-electron chi connectivity index (χ0n) is 15.4. The largest absolute Gasteiger partial charge is 0.544 e. The van der Waals surface area contributed by atoms with Crippen LogP contribution in [-0.4, -0.2) is 25.5 Å². The van der Waals surface area contributed by atoms with Crippen LogP contribution in [0.1, 0.15) is 12.5 Å². The number of carbonyl (C=O) groups is 2. The van der Waals surface area contributed by atoms with E-state index in [1.54, 1.807) is 42.5 Å². The topological polar surface area (TPSA) is 96.9 Å². The first-order valence-corrected chi connectivity index (χ1v) is 8.56. The summed E-state index contributed by atoms with van der Waals surface area (Å²) in [5.41, 5.74) is 0.605. The van der Waals surface area contributed by atoms with Gasteiger partial charge in [-0.1, -0.05) is 24.3 Å². The minimum Gasteiger partial charge on any atom is -0.544 e. The van der Waals surface area contributed by atoms with Gasteiger partial charge in [-0.15, -0.1) is 0 Å². The minimum absolute atomic E-state index is 0.134. The molecule has 0 unspecified atom stereocenters. The lowest BCUT2D eigenvalue weighted by Crippen LogP contribution is -2.28. The third-order valence-electron chi connectivity index (χ3n) is 3.91. The van der Waals surface area contributed by atoms with Gasteiger partial charge in [0.1, 0.15) is 5.57 Å². The monoisotopic (exact) mass is 380 g/mol. The van der Waals surface area contributed by atoms with E-state index >= 15 is 0 Å². The van der Waals surface area contributed by atoms with Crippen LogP contribution < -0.4 is 19.9 Å². The van der Waals surface area contributed by atoms with E-state index in [1.807, 2.05) is 13.0 Å². The molecule has 0 radical (unpaired) electrons. The molecule has 1 aliphatic heterocycles. The van der Waals surface area contributed by atoms with E-state index in [9.17, 15) is 14.7 Å². The maximum absolute atomic E-state index is 12.5. The summed E-state index contributed by atoms with van der Waals surface area (Å²) in [6, 6.07) is 13.8. The molecule has 7 heteroatoms. The van der Waals surface area contributed by atoms with E-state index in [0.29, 0.717) is 29.4 Å². The van der Waals surface area contributed by atoms with Gasteiger partial charge in [-0.25, -0.2) is 0 Å². The maximum atomic E-state index is 12.5. The third kappa shape index (κ3) is 3.98. The molecule has 2 aromatic carbocycles. The predicted octanol–water partition coefficient (Wildman–Crippen LogP) is 2.11. The molecule has 1 N–H and O–H groups in total. The van der Waals surface area contributed by atoms with Crippen LogP contribution in [0.15, 0.2) is 65.7 Å². The van der Waals surface area contributed by atoms with E-state index in [-0.39, 0.29) is 11.6 Å². The molecular weight excluding hydrogens is 362 g/mol. The first-order chi connectivity index (χ1) is 13.5. The molecule has 0 atom stereocenters. The van der Waals surface area contributed by atoms with E-state index < -0.39 is 17.3 Å². The van der Waals surface area contributed by atoms with Crippen LogP contribution in [-0.2, 0) is 14.3 Å². The average molecular weight is 380 g/mol. The number of aliphatic carboxylic acids is 1. The molecule has 0 fully saturated rings. The number of rotatable bonds is 7. The molecule has 0 spiro atoms. The van der Waals surface area contributed by atoms with E-state index in [0.717, 1.165) is 0 Å². The average Bonchev–Trinajstić information content (AvgIpc) is 2.98. The zero-order chi connectivity index (χ0) is 20.1.